The summed E-state index contributed by atoms with van der Waals surface area (Å²) in [4.78, 5) is 13.1. The van der Waals surface area contributed by atoms with Gasteiger partial charge in [-0.05, 0) is 41.3 Å². The van der Waals surface area contributed by atoms with Crippen LogP contribution in [0, 0.1) is 0 Å². The highest BCUT2D eigenvalue weighted by molar-refractivity contribution is 8.00. The van der Waals surface area contributed by atoms with Gasteiger partial charge >= 0.3 is 0 Å². The summed E-state index contributed by atoms with van der Waals surface area (Å²) in [5.74, 6) is -0.0316. The monoisotopic (exact) mass is 421 g/mol. The van der Waals surface area contributed by atoms with Crippen LogP contribution in [0.1, 0.15) is 62.2 Å². The van der Waals surface area contributed by atoms with Gasteiger partial charge in [0.15, 0.2) is 0 Å². The van der Waals surface area contributed by atoms with Gasteiger partial charge in [-0.25, -0.2) is 4.68 Å². The van der Waals surface area contributed by atoms with Crippen molar-refractivity contribution in [2.24, 2.45) is 0 Å². The Bertz CT molecular complexity index is 901. The second-order valence-corrected chi connectivity index (χ2v) is 9.03. The van der Waals surface area contributed by atoms with Crippen LogP contribution in [-0.4, -0.2) is 31.4 Å². The zero-order chi connectivity index (χ0) is 20.8. The van der Waals surface area contributed by atoms with Gasteiger partial charge in [0.1, 0.15) is 0 Å². The molecule has 1 N–H and O–H groups in total. The maximum absolute atomic E-state index is 13.1. The molecule has 1 atom stereocenters. The minimum Gasteiger partial charge on any atom is -0.344 e. The second-order valence-electron chi connectivity index (χ2n) is 7.72. The lowest BCUT2D eigenvalue weighted by Crippen LogP contribution is -2.35. The van der Waals surface area contributed by atoms with Gasteiger partial charge in [0.25, 0.3) is 0 Å². The molecule has 0 aliphatic heterocycles. The molecule has 0 radical (unpaired) electrons. The number of nitrogens with one attached hydrogen (secondary N) is 1. The Kier molecular flexibility index (Phi) is 6.79. The summed E-state index contributed by atoms with van der Waals surface area (Å²) in [7, 11) is 0. The first-order valence-corrected chi connectivity index (χ1v) is 11.4. The molecule has 2 aromatic carbocycles. The van der Waals surface area contributed by atoms with Gasteiger partial charge in [-0.3, -0.25) is 4.79 Å². The molecule has 1 saturated carbocycles. The van der Waals surface area contributed by atoms with Crippen molar-refractivity contribution in [2.75, 3.05) is 0 Å². The molecule has 1 amide bonds. The molecule has 156 valence electrons. The first-order valence-electron chi connectivity index (χ1n) is 10.6. The van der Waals surface area contributed by atoms with E-state index >= 15 is 0 Å². The van der Waals surface area contributed by atoms with Crippen LogP contribution in [0.25, 0.3) is 0 Å². The Labute approximate surface area is 181 Å². The number of rotatable bonds is 7. The molecule has 4 rings (SSSR count). The number of benzene rings is 2. The van der Waals surface area contributed by atoms with E-state index in [9.17, 15) is 4.79 Å². The van der Waals surface area contributed by atoms with Crippen LogP contribution in [0.5, 0.6) is 0 Å². The predicted octanol–water partition coefficient (Wildman–Crippen LogP) is 4.56. The quantitative estimate of drug-likeness (QED) is 0.566. The molecule has 1 unspecified atom stereocenters. The van der Waals surface area contributed by atoms with Gasteiger partial charge in [-0.15, -0.1) is 5.10 Å². The van der Waals surface area contributed by atoms with Crippen molar-refractivity contribution in [3.8, 4) is 0 Å². The molecule has 1 aliphatic carbocycles. The lowest BCUT2D eigenvalue weighted by Gasteiger charge is -2.23. The van der Waals surface area contributed by atoms with Gasteiger partial charge in [0.05, 0.1) is 17.3 Å². The molecule has 0 saturated heterocycles. The Hall–Kier alpha value is -2.67. The number of aromatic nitrogens is 4. The number of tetrazole rings is 1. The van der Waals surface area contributed by atoms with Crippen LogP contribution >= 0.6 is 11.8 Å². The SMILES string of the molecule is CC(Sc1nnnn1C1CCCCC1)C(=O)NC(c1ccccc1)c1ccccc1. The van der Waals surface area contributed by atoms with E-state index in [0.29, 0.717) is 6.04 Å². The third kappa shape index (κ3) is 4.90. The van der Waals surface area contributed by atoms with E-state index < -0.39 is 0 Å². The van der Waals surface area contributed by atoms with Crippen LogP contribution in [-0.2, 0) is 4.79 Å². The van der Waals surface area contributed by atoms with Gasteiger partial charge < -0.3 is 5.32 Å². The standard InChI is InChI=1S/C23H27N5OS/c1-17(30-23-25-26-27-28(23)20-15-9-4-10-16-20)22(29)24-21(18-11-5-2-6-12-18)19-13-7-3-8-14-19/h2-3,5-8,11-14,17,20-21H,4,9-10,15-16H2,1H3,(H,24,29). The number of carbonyl (C=O) groups excluding carboxylic acids is 1. The maximum Gasteiger partial charge on any atom is 0.234 e. The fourth-order valence-electron chi connectivity index (χ4n) is 3.94. The summed E-state index contributed by atoms with van der Waals surface area (Å²) in [5, 5.41) is 15.9. The van der Waals surface area contributed by atoms with Crippen LogP contribution in [0.4, 0.5) is 0 Å². The Balaban J connectivity index is 1.47. The average molecular weight is 422 g/mol. The van der Waals surface area contributed by atoms with E-state index in [4.69, 9.17) is 0 Å². The van der Waals surface area contributed by atoms with Crippen molar-refractivity contribution in [2.45, 2.75) is 61.5 Å². The number of nitrogens with zero attached hydrogens (tertiary/aromatic N) is 4. The van der Waals surface area contributed by atoms with Crippen LogP contribution in [0.2, 0.25) is 0 Å². The van der Waals surface area contributed by atoms with E-state index in [1.165, 1.54) is 31.0 Å². The number of hydrogen-bond acceptors (Lipinski definition) is 5. The zero-order valence-corrected chi connectivity index (χ0v) is 18.0. The van der Waals surface area contributed by atoms with Crippen molar-refractivity contribution in [3.05, 3.63) is 71.8 Å². The van der Waals surface area contributed by atoms with Gasteiger partial charge in [0.2, 0.25) is 11.1 Å². The van der Waals surface area contributed by atoms with E-state index in [-0.39, 0.29) is 17.2 Å². The largest absolute Gasteiger partial charge is 0.344 e. The Morgan fingerprint density at radius 2 is 1.60 bits per heavy atom. The minimum absolute atomic E-state index is 0.0316. The summed E-state index contributed by atoms with van der Waals surface area (Å²) in [5.41, 5.74) is 2.11. The number of thioether (sulfide) groups is 1. The highest BCUT2D eigenvalue weighted by Gasteiger charge is 2.25. The van der Waals surface area contributed by atoms with E-state index in [1.807, 2.05) is 72.3 Å². The van der Waals surface area contributed by atoms with Gasteiger partial charge in [-0.1, -0.05) is 91.7 Å². The summed E-state index contributed by atoms with van der Waals surface area (Å²) in [6.07, 6.45) is 5.90. The van der Waals surface area contributed by atoms with Crippen molar-refractivity contribution >= 4 is 17.7 Å². The van der Waals surface area contributed by atoms with E-state index in [0.717, 1.165) is 29.1 Å². The highest BCUT2D eigenvalue weighted by Crippen LogP contribution is 2.32. The first-order chi connectivity index (χ1) is 14.7. The highest BCUT2D eigenvalue weighted by atomic mass is 32.2. The lowest BCUT2D eigenvalue weighted by atomic mass is 9.96. The molecular weight excluding hydrogens is 394 g/mol. The summed E-state index contributed by atoms with van der Waals surface area (Å²) >= 11 is 1.43. The molecule has 0 spiro atoms. The fraction of sp³-hybridized carbons (Fsp3) is 0.391. The number of amides is 1. The molecule has 3 aromatic rings. The smallest absolute Gasteiger partial charge is 0.234 e. The topological polar surface area (TPSA) is 72.7 Å². The van der Waals surface area contributed by atoms with Crippen molar-refractivity contribution < 1.29 is 4.79 Å². The summed E-state index contributed by atoms with van der Waals surface area (Å²) < 4.78 is 1.92. The van der Waals surface area contributed by atoms with Crippen LogP contribution in [0.3, 0.4) is 0 Å². The van der Waals surface area contributed by atoms with Crippen LogP contribution < -0.4 is 5.32 Å². The summed E-state index contributed by atoms with van der Waals surface area (Å²) in [6.45, 7) is 1.91. The molecule has 30 heavy (non-hydrogen) atoms. The number of carbonyl (C=O) groups is 1. The first kappa shape index (κ1) is 20.6. The third-order valence-corrected chi connectivity index (χ3v) is 6.63. The molecule has 1 heterocycles. The van der Waals surface area contributed by atoms with Crippen molar-refractivity contribution in [3.63, 3.8) is 0 Å². The maximum atomic E-state index is 13.1. The molecule has 1 aliphatic rings. The van der Waals surface area contributed by atoms with Crippen molar-refractivity contribution in [1.29, 1.82) is 0 Å². The molecule has 6 nitrogen and oxygen atoms in total. The predicted molar refractivity (Wildman–Crippen MR) is 118 cm³/mol. The van der Waals surface area contributed by atoms with E-state index in [2.05, 4.69) is 20.8 Å². The zero-order valence-electron chi connectivity index (χ0n) is 17.1. The average Bonchev–Trinajstić information content (AvgIpc) is 3.27. The molecule has 7 heteroatoms. The molecule has 1 fully saturated rings. The third-order valence-electron chi connectivity index (χ3n) is 5.59. The Morgan fingerprint density at radius 3 is 2.20 bits per heavy atom. The Morgan fingerprint density at radius 1 is 1.00 bits per heavy atom. The van der Waals surface area contributed by atoms with Gasteiger partial charge in [0, 0.05) is 0 Å². The fourth-order valence-corrected chi connectivity index (χ4v) is 4.81. The summed E-state index contributed by atoms with van der Waals surface area (Å²) in [6, 6.07) is 20.2. The van der Waals surface area contributed by atoms with E-state index in [1.54, 1.807) is 0 Å². The minimum atomic E-state index is -0.312. The normalized spacial score (nSPS) is 15.8. The second kappa shape index (κ2) is 9.89. The molecule has 1 aromatic heterocycles. The number of hydrogen-bond donors (Lipinski definition) is 1. The molecular formula is C23H27N5OS. The lowest BCUT2D eigenvalue weighted by molar-refractivity contribution is -0.120. The van der Waals surface area contributed by atoms with Crippen LogP contribution in [0.15, 0.2) is 65.8 Å². The van der Waals surface area contributed by atoms with Gasteiger partial charge in [-0.2, -0.15) is 0 Å². The molecule has 0 bridgehead atoms. The van der Waals surface area contributed by atoms with Crippen molar-refractivity contribution in [1.82, 2.24) is 25.5 Å².